The van der Waals surface area contributed by atoms with Crippen molar-refractivity contribution in [2.45, 2.75) is 12.5 Å². The van der Waals surface area contributed by atoms with Crippen LogP contribution in [0.3, 0.4) is 0 Å². The van der Waals surface area contributed by atoms with Crippen LogP contribution < -0.4 is 0 Å². The average Bonchev–Trinajstić information content (AvgIpc) is 2.75. The Morgan fingerprint density at radius 1 is 1.31 bits per heavy atom. The zero-order valence-electron chi connectivity index (χ0n) is 7.91. The van der Waals surface area contributed by atoms with Gasteiger partial charge in [-0.15, -0.1) is 22.7 Å². The van der Waals surface area contributed by atoms with E-state index in [0.29, 0.717) is 6.42 Å². The Labute approximate surface area is 123 Å². The molecule has 16 heavy (non-hydrogen) atoms. The van der Waals surface area contributed by atoms with Gasteiger partial charge in [0.05, 0.1) is 14.2 Å². The van der Waals surface area contributed by atoms with Crippen LogP contribution in [0.4, 0.5) is 0 Å². The first-order chi connectivity index (χ1) is 7.56. The van der Waals surface area contributed by atoms with Crippen LogP contribution in [0.5, 0.6) is 0 Å². The number of halogens is 3. The highest BCUT2D eigenvalue weighted by atomic mass is 79.9. The van der Waals surface area contributed by atoms with Gasteiger partial charge in [0.1, 0.15) is 0 Å². The Balaban J connectivity index is 2.11. The van der Waals surface area contributed by atoms with E-state index in [1.807, 2.05) is 18.2 Å². The molecule has 0 spiro atoms. The summed E-state index contributed by atoms with van der Waals surface area (Å²) in [5, 5.41) is 10.1. The molecule has 2 aromatic heterocycles. The molecule has 2 rings (SSSR count). The number of hydrogen-bond donors (Lipinski definition) is 1. The van der Waals surface area contributed by atoms with Gasteiger partial charge in [0, 0.05) is 20.6 Å². The first kappa shape index (κ1) is 13.1. The molecular weight excluding hydrogens is 396 g/mol. The predicted molar refractivity (Wildman–Crippen MR) is 77.7 cm³/mol. The molecule has 0 bridgehead atoms. The van der Waals surface area contributed by atoms with Crippen molar-refractivity contribution in [2.75, 3.05) is 0 Å². The van der Waals surface area contributed by atoms with E-state index in [9.17, 15) is 5.11 Å². The summed E-state index contributed by atoms with van der Waals surface area (Å²) >= 11 is 15.7. The largest absolute Gasteiger partial charge is 0.387 e. The van der Waals surface area contributed by atoms with Crippen LogP contribution in [0.1, 0.15) is 15.9 Å². The SMILES string of the molecule is OC(Cc1ccc(Cl)s1)c1cc(Br)c(Br)s1. The molecule has 1 unspecified atom stereocenters. The number of aliphatic hydroxyl groups excluding tert-OH is 1. The molecule has 0 aliphatic carbocycles. The normalized spacial score (nSPS) is 13.0. The molecule has 1 N–H and O–H groups in total. The Hall–Kier alpha value is 0.610. The fraction of sp³-hybridized carbons (Fsp3) is 0.200. The van der Waals surface area contributed by atoms with E-state index >= 15 is 0 Å². The first-order valence-electron chi connectivity index (χ1n) is 4.43. The van der Waals surface area contributed by atoms with E-state index in [4.69, 9.17) is 11.6 Å². The summed E-state index contributed by atoms with van der Waals surface area (Å²) in [6.07, 6.45) is 0.138. The Morgan fingerprint density at radius 2 is 2.06 bits per heavy atom. The molecule has 0 aliphatic rings. The van der Waals surface area contributed by atoms with Crippen LogP contribution in [0.2, 0.25) is 4.34 Å². The third-order valence-corrected chi connectivity index (χ3v) is 6.63. The number of thiophene rings is 2. The Kier molecular flexibility index (Phi) is 4.49. The summed E-state index contributed by atoms with van der Waals surface area (Å²) in [4.78, 5) is 2.04. The molecule has 86 valence electrons. The molecule has 1 atom stereocenters. The molecule has 0 saturated carbocycles. The zero-order valence-corrected chi connectivity index (χ0v) is 13.5. The van der Waals surface area contributed by atoms with Crippen molar-refractivity contribution >= 4 is 66.1 Å². The van der Waals surface area contributed by atoms with E-state index in [2.05, 4.69) is 31.9 Å². The van der Waals surface area contributed by atoms with Gasteiger partial charge < -0.3 is 5.11 Å². The zero-order chi connectivity index (χ0) is 11.7. The minimum Gasteiger partial charge on any atom is -0.387 e. The topological polar surface area (TPSA) is 20.2 Å². The lowest BCUT2D eigenvalue weighted by atomic mass is 10.2. The number of hydrogen-bond acceptors (Lipinski definition) is 3. The van der Waals surface area contributed by atoms with Gasteiger partial charge in [-0.3, -0.25) is 0 Å². The highest BCUT2D eigenvalue weighted by Crippen LogP contribution is 2.37. The summed E-state index contributed by atoms with van der Waals surface area (Å²) < 4.78 is 2.75. The fourth-order valence-electron chi connectivity index (χ4n) is 1.28. The second-order valence-electron chi connectivity index (χ2n) is 3.20. The lowest BCUT2D eigenvalue weighted by Gasteiger charge is -2.05. The average molecular weight is 403 g/mol. The van der Waals surface area contributed by atoms with E-state index in [1.165, 1.54) is 22.7 Å². The molecule has 0 radical (unpaired) electrons. The van der Waals surface area contributed by atoms with Gasteiger partial charge >= 0.3 is 0 Å². The third-order valence-electron chi connectivity index (χ3n) is 2.02. The molecular formula is C10H7Br2ClOS2. The van der Waals surface area contributed by atoms with Gasteiger partial charge in [-0.1, -0.05) is 11.6 Å². The molecule has 6 heteroatoms. The quantitative estimate of drug-likeness (QED) is 0.742. The van der Waals surface area contributed by atoms with E-state index in [-0.39, 0.29) is 0 Å². The second-order valence-corrected chi connectivity index (χ2v) is 8.25. The van der Waals surface area contributed by atoms with Crippen LogP contribution in [0, 0.1) is 0 Å². The van der Waals surface area contributed by atoms with Gasteiger partial charge in [0.15, 0.2) is 0 Å². The molecule has 0 fully saturated rings. The standard InChI is InChI=1S/C10H7Br2ClOS2/c11-6-4-8(16-10(6)12)7(14)3-5-1-2-9(13)15-5/h1-2,4,7,14H,3H2. The van der Waals surface area contributed by atoms with Crippen molar-refractivity contribution in [1.29, 1.82) is 0 Å². The minimum absolute atomic E-state index is 0.470. The summed E-state index contributed by atoms with van der Waals surface area (Å²) in [5.41, 5.74) is 0. The number of aliphatic hydroxyl groups is 1. The van der Waals surface area contributed by atoms with Crippen molar-refractivity contribution in [1.82, 2.24) is 0 Å². The molecule has 2 heterocycles. The Morgan fingerprint density at radius 3 is 2.56 bits per heavy atom. The van der Waals surface area contributed by atoms with Crippen molar-refractivity contribution in [3.8, 4) is 0 Å². The van der Waals surface area contributed by atoms with E-state index in [1.54, 1.807) is 0 Å². The Bertz CT molecular complexity index is 475. The maximum absolute atomic E-state index is 10.1. The molecule has 1 nitrogen and oxygen atoms in total. The van der Waals surface area contributed by atoms with Crippen molar-refractivity contribution in [3.05, 3.63) is 40.5 Å². The van der Waals surface area contributed by atoms with Crippen molar-refractivity contribution in [3.63, 3.8) is 0 Å². The van der Waals surface area contributed by atoms with E-state index < -0.39 is 6.10 Å². The van der Waals surface area contributed by atoms with E-state index in [0.717, 1.165) is 22.3 Å². The van der Waals surface area contributed by atoms with Crippen LogP contribution in [-0.4, -0.2) is 5.11 Å². The lowest BCUT2D eigenvalue weighted by Crippen LogP contribution is -1.97. The predicted octanol–water partition coefficient (Wildman–Crippen LogP) is 5.26. The maximum Gasteiger partial charge on any atom is 0.0931 e. The molecule has 0 aliphatic heterocycles. The molecule has 2 aromatic rings. The van der Waals surface area contributed by atoms with Crippen LogP contribution in [0.25, 0.3) is 0 Å². The summed E-state index contributed by atoms with van der Waals surface area (Å²) in [5.74, 6) is 0. The van der Waals surface area contributed by atoms with Crippen molar-refractivity contribution < 1.29 is 5.11 Å². The van der Waals surface area contributed by atoms with Gasteiger partial charge in [-0.05, 0) is 50.1 Å². The molecule has 0 aromatic carbocycles. The highest BCUT2D eigenvalue weighted by molar-refractivity contribution is 9.13. The summed E-state index contributed by atoms with van der Waals surface area (Å²) in [7, 11) is 0. The summed E-state index contributed by atoms with van der Waals surface area (Å²) in [6.45, 7) is 0. The first-order valence-corrected chi connectivity index (χ1v) is 8.03. The lowest BCUT2D eigenvalue weighted by molar-refractivity contribution is 0.183. The van der Waals surface area contributed by atoms with Gasteiger partial charge in [0.25, 0.3) is 0 Å². The number of rotatable bonds is 3. The van der Waals surface area contributed by atoms with Crippen molar-refractivity contribution in [2.24, 2.45) is 0 Å². The van der Waals surface area contributed by atoms with Crippen LogP contribution >= 0.6 is 66.1 Å². The summed E-state index contributed by atoms with van der Waals surface area (Å²) in [6, 6.07) is 5.75. The minimum atomic E-state index is -0.470. The van der Waals surface area contributed by atoms with Crippen LogP contribution in [-0.2, 0) is 6.42 Å². The second kappa shape index (κ2) is 5.50. The van der Waals surface area contributed by atoms with Crippen LogP contribution in [0.15, 0.2) is 26.5 Å². The van der Waals surface area contributed by atoms with Gasteiger partial charge in [0.2, 0.25) is 0 Å². The van der Waals surface area contributed by atoms with Gasteiger partial charge in [-0.2, -0.15) is 0 Å². The molecule has 0 saturated heterocycles. The monoisotopic (exact) mass is 400 g/mol. The highest BCUT2D eigenvalue weighted by Gasteiger charge is 2.14. The van der Waals surface area contributed by atoms with Gasteiger partial charge in [-0.25, -0.2) is 0 Å². The fourth-order valence-corrected chi connectivity index (χ4v) is 4.48. The third kappa shape index (κ3) is 3.09. The smallest absolute Gasteiger partial charge is 0.0931 e. The maximum atomic E-state index is 10.1. The molecule has 0 amide bonds.